The summed E-state index contributed by atoms with van der Waals surface area (Å²) in [5.41, 5.74) is 0. The van der Waals surface area contributed by atoms with Crippen LogP contribution in [-0.4, -0.2) is 40.6 Å². The topological polar surface area (TPSA) is 82.2 Å². The van der Waals surface area contributed by atoms with Crippen molar-refractivity contribution in [1.82, 2.24) is 20.1 Å². The third-order valence-corrected chi connectivity index (χ3v) is 3.66. The van der Waals surface area contributed by atoms with E-state index in [1.807, 2.05) is 23.8 Å². The first-order valence-corrected chi connectivity index (χ1v) is 8.30. The van der Waals surface area contributed by atoms with Crippen molar-refractivity contribution in [1.29, 1.82) is 0 Å². The Hall–Kier alpha value is -1.80. The molecule has 0 aromatic carbocycles. The standard InChI is InChI=1S/C14H20N4O3S/c1-10(13-17-15-9-18(13)6-7-20-2)16-14(19)12-5-4-11(21-12)8-22-3/h4-5,9-10H,6-8H2,1-3H3,(H,16,19)/t10-/m0/s1. The highest BCUT2D eigenvalue weighted by Gasteiger charge is 2.18. The second kappa shape index (κ2) is 8.00. The molecule has 0 aliphatic rings. The van der Waals surface area contributed by atoms with Gasteiger partial charge in [0.05, 0.1) is 18.4 Å². The minimum Gasteiger partial charge on any atom is -0.455 e. The lowest BCUT2D eigenvalue weighted by molar-refractivity contribution is 0.0907. The van der Waals surface area contributed by atoms with Crippen molar-refractivity contribution in [3.8, 4) is 0 Å². The molecule has 1 amide bonds. The van der Waals surface area contributed by atoms with Crippen LogP contribution in [0, 0.1) is 0 Å². The molecule has 2 aromatic heterocycles. The van der Waals surface area contributed by atoms with E-state index in [1.165, 1.54) is 0 Å². The van der Waals surface area contributed by atoms with E-state index in [4.69, 9.17) is 9.15 Å². The first-order chi connectivity index (χ1) is 10.7. The Kier molecular flexibility index (Phi) is 6.02. The molecule has 0 unspecified atom stereocenters. The lowest BCUT2D eigenvalue weighted by atomic mass is 10.3. The third-order valence-electron chi connectivity index (χ3n) is 3.09. The second-order valence-electron chi connectivity index (χ2n) is 4.77. The SMILES string of the molecule is COCCn1cnnc1[C@H](C)NC(=O)c1ccc(CSC)o1. The van der Waals surface area contributed by atoms with Crippen molar-refractivity contribution in [3.05, 3.63) is 35.8 Å². The fourth-order valence-electron chi connectivity index (χ4n) is 2.01. The zero-order valence-electron chi connectivity index (χ0n) is 12.9. The molecule has 120 valence electrons. The average Bonchev–Trinajstić information content (AvgIpc) is 3.14. The number of carbonyl (C=O) groups excluding carboxylic acids is 1. The van der Waals surface area contributed by atoms with Crippen molar-refractivity contribution < 1.29 is 13.9 Å². The maximum absolute atomic E-state index is 12.2. The molecule has 1 atom stereocenters. The molecule has 0 saturated carbocycles. The predicted molar refractivity (Wildman–Crippen MR) is 83.7 cm³/mol. The van der Waals surface area contributed by atoms with E-state index in [0.29, 0.717) is 24.7 Å². The van der Waals surface area contributed by atoms with Crippen molar-refractivity contribution in [2.45, 2.75) is 25.3 Å². The number of hydrogen-bond donors (Lipinski definition) is 1. The zero-order valence-corrected chi connectivity index (χ0v) is 13.7. The summed E-state index contributed by atoms with van der Waals surface area (Å²) in [6.45, 7) is 3.05. The number of thioether (sulfide) groups is 1. The van der Waals surface area contributed by atoms with Gasteiger partial charge in [0.1, 0.15) is 12.1 Å². The summed E-state index contributed by atoms with van der Waals surface area (Å²) >= 11 is 1.64. The summed E-state index contributed by atoms with van der Waals surface area (Å²) in [5, 5.41) is 10.8. The van der Waals surface area contributed by atoms with E-state index in [1.54, 1.807) is 31.3 Å². The van der Waals surface area contributed by atoms with E-state index in [9.17, 15) is 4.79 Å². The van der Waals surface area contributed by atoms with Gasteiger partial charge in [0.2, 0.25) is 0 Å². The van der Waals surface area contributed by atoms with Gasteiger partial charge in [-0.3, -0.25) is 4.79 Å². The maximum atomic E-state index is 12.2. The fourth-order valence-corrected chi connectivity index (χ4v) is 2.45. The Morgan fingerprint density at radius 1 is 1.55 bits per heavy atom. The Bertz CT molecular complexity index is 611. The minimum absolute atomic E-state index is 0.263. The molecule has 7 nitrogen and oxygen atoms in total. The van der Waals surface area contributed by atoms with E-state index in [2.05, 4.69) is 15.5 Å². The number of rotatable bonds is 8. The van der Waals surface area contributed by atoms with Crippen LogP contribution in [0.3, 0.4) is 0 Å². The van der Waals surface area contributed by atoms with Gasteiger partial charge >= 0.3 is 0 Å². The van der Waals surface area contributed by atoms with Gasteiger partial charge in [0.25, 0.3) is 5.91 Å². The number of methoxy groups -OCH3 is 1. The highest BCUT2D eigenvalue weighted by Crippen LogP contribution is 2.15. The summed E-state index contributed by atoms with van der Waals surface area (Å²) in [6, 6.07) is 3.22. The van der Waals surface area contributed by atoms with Crippen molar-refractivity contribution in [2.24, 2.45) is 0 Å². The van der Waals surface area contributed by atoms with Gasteiger partial charge in [-0.1, -0.05) is 0 Å². The van der Waals surface area contributed by atoms with Crippen molar-refractivity contribution in [3.63, 3.8) is 0 Å². The van der Waals surface area contributed by atoms with Crippen molar-refractivity contribution >= 4 is 17.7 Å². The number of ether oxygens (including phenoxy) is 1. The number of hydrogen-bond acceptors (Lipinski definition) is 6. The molecule has 1 N–H and O–H groups in total. The van der Waals surface area contributed by atoms with Crippen LogP contribution >= 0.6 is 11.8 Å². The van der Waals surface area contributed by atoms with Gasteiger partial charge in [0.15, 0.2) is 11.6 Å². The lowest BCUT2D eigenvalue weighted by Crippen LogP contribution is -2.28. The fraction of sp³-hybridized carbons (Fsp3) is 0.500. The van der Waals surface area contributed by atoms with Crippen LogP contribution in [-0.2, 0) is 17.0 Å². The van der Waals surface area contributed by atoms with Crippen LogP contribution in [0.25, 0.3) is 0 Å². The molecule has 0 spiro atoms. The molecule has 2 aromatic rings. The number of nitrogens with one attached hydrogen (secondary N) is 1. The van der Waals surface area contributed by atoms with E-state index in [0.717, 1.165) is 11.5 Å². The summed E-state index contributed by atoms with van der Waals surface area (Å²) in [6.07, 6.45) is 3.61. The first kappa shape index (κ1) is 16.6. The molecule has 2 rings (SSSR count). The molecule has 0 radical (unpaired) electrons. The Morgan fingerprint density at radius 3 is 3.09 bits per heavy atom. The molecule has 0 aliphatic carbocycles. The van der Waals surface area contributed by atoms with Crippen LogP contribution in [0.2, 0.25) is 0 Å². The molecule has 0 saturated heterocycles. The molecule has 2 heterocycles. The van der Waals surface area contributed by atoms with Crippen LogP contribution in [0.1, 0.15) is 35.1 Å². The quantitative estimate of drug-likeness (QED) is 0.798. The number of amides is 1. The first-order valence-electron chi connectivity index (χ1n) is 6.90. The number of nitrogens with zero attached hydrogens (tertiary/aromatic N) is 3. The molecule has 8 heteroatoms. The van der Waals surface area contributed by atoms with Gasteiger partial charge in [-0.25, -0.2) is 0 Å². The van der Waals surface area contributed by atoms with Crippen LogP contribution in [0.15, 0.2) is 22.9 Å². The average molecular weight is 324 g/mol. The second-order valence-corrected chi connectivity index (χ2v) is 5.64. The monoisotopic (exact) mass is 324 g/mol. The third kappa shape index (κ3) is 4.11. The number of carbonyl (C=O) groups is 1. The summed E-state index contributed by atoms with van der Waals surface area (Å²) < 4.78 is 12.4. The summed E-state index contributed by atoms with van der Waals surface area (Å²) in [7, 11) is 1.64. The Morgan fingerprint density at radius 2 is 2.36 bits per heavy atom. The van der Waals surface area contributed by atoms with Gasteiger partial charge in [-0.2, -0.15) is 11.8 Å². The normalized spacial score (nSPS) is 12.3. The highest BCUT2D eigenvalue weighted by atomic mass is 32.2. The van der Waals surface area contributed by atoms with Gasteiger partial charge in [0, 0.05) is 13.7 Å². The molecular formula is C14H20N4O3S. The largest absolute Gasteiger partial charge is 0.455 e. The predicted octanol–water partition coefficient (Wildman–Crippen LogP) is 1.87. The maximum Gasteiger partial charge on any atom is 0.287 e. The van der Waals surface area contributed by atoms with Gasteiger partial charge in [-0.05, 0) is 25.3 Å². The van der Waals surface area contributed by atoms with Crippen LogP contribution < -0.4 is 5.32 Å². The van der Waals surface area contributed by atoms with Crippen LogP contribution in [0.4, 0.5) is 0 Å². The van der Waals surface area contributed by atoms with Gasteiger partial charge < -0.3 is 19.0 Å². The van der Waals surface area contributed by atoms with E-state index < -0.39 is 0 Å². The van der Waals surface area contributed by atoms with Crippen LogP contribution in [0.5, 0.6) is 0 Å². The van der Waals surface area contributed by atoms with Crippen molar-refractivity contribution in [2.75, 3.05) is 20.0 Å². The van der Waals surface area contributed by atoms with E-state index >= 15 is 0 Å². The molecule has 0 fully saturated rings. The molecule has 22 heavy (non-hydrogen) atoms. The molecule has 0 bridgehead atoms. The molecular weight excluding hydrogens is 304 g/mol. The smallest absolute Gasteiger partial charge is 0.287 e. The van der Waals surface area contributed by atoms with E-state index in [-0.39, 0.29) is 11.9 Å². The van der Waals surface area contributed by atoms with Gasteiger partial charge in [-0.15, -0.1) is 10.2 Å². The zero-order chi connectivity index (χ0) is 15.9. The lowest BCUT2D eigenvalue weighted by Gasteiger charge is -2.13. The summed E-state index contributed by atoms with van der Waals surface area (Å²) in [4.78, 5) is 12.2. The Balaban J connectivity index is 1.99. The number of furan rings is 1. The Labute approximate surface area is 133 Å². The number of aromatic nitrogens is 3. The molecule has 0 aliphatic heterocycles. The summed E-state index contributed by atoms with van der Waals surface area (Å²) in [5.74, 6) is 2.25. The minimum atomic E-state index is -0.277. The highest BCUT2D eigenvalue weighted by molar-refractivity contribution is 7.97.